The zero-order valence-corrected chi connectivity index (χ0v) is 15.4. The van der Waals surface area contributed by atoms with E-state index in [4.69, 9.17) is 9.47 Å². The fourth-order valence-corrected chi connectivity index (χ4v) is 2.17. The Kier molecular flexibility index (Phi) is 9.59. The molecule has 0 aliphatic heterocycles. The molecule has 0 atom stereocenters. The Morgan fingerprint density at radius 2 is 2.00 bits per heavy atom. The SMILES string of the molecule is CCCCC/C=C/C(C)=C/COC(=O)COc1cccc(C)c1C. The van der Waals surface area contributed by atoms with E-state index in [-0.39, 0.29) is 19.2 Å². The van der Waals surface area contributed by atoms with Crippen molar-refractivity contribution in [1.82, 2.24) is 0 Å². The third-order valence-electron chi connectivity index (χ3n) is 3.91. The summed E-state index contributed by atoms with van der Waals surface area (Å²) in [6.07, 6.45) is 11.0. The molecule has 0 saturated carbocycles. The first-order valence-corrected chi connectivity index (χ1v) is 8.72. The van der Waals surface area contributed by atoms with Crippen LogP contribution in [0.1, 0.15) is 50.7 Å². The third-order valence-corrected chi connectivity index (χ3v) is 3.91. The number of rotatable bonds is 10. The van der Waals surface area contributed by atoms with Crippen molar-refractivity contribution < 1.29 is 14.3 Å². The Morgan fingerprint density at radius 3 is 2.75 bits per heavy atom. The molecule has 0 aliphatic carbocycles. The lowest BCUT2D eigenvalue weighted by Gasteiger charge is -2.10. The van der Waals surface area contributed by atoms with Gasteiger partial charge in [-0.2, -0.15) is 0 Å². The maximum atomic E-state index is 11.7. The van der Waals surface area contributed by atoms with Gasteiger partial charge in [-0.25, -0.2) is 4.79 Å². The van der Waals surface area contributed by atoms with E-state index in [1.165, 1.54) is 19.3 Å². The number of unbranched alkanes of at least 4 members (excludes halogenated alkanes) is 3. The number of hydrogen-bond acceptors (Lipinski definition) is 3. The monoisotopic (exact) mass is 330 g/mol. The number of esters is 1. The van der Waals surface area contributed by atoms with Crippen LogP contribution in [0.3, 0.4) is 0 Å². The lowest BCUT2D eigenvalue weighted by Crippen LogP contribution is -2.15. The minimum atomic E-state index is -0.355. The molecule has 3 heteroatoms. The third kappa shape index (κ3) is 8.00. The predicted molar refractivity (Wildman–Crippen MR) is 99.4 cm³/mol. The van der Waals surface area contributed by atoms with E-state index in [1.807, 2.05) is 45.0 Å². The van der Waals surface area contributed by atoms with Crippen LogP contribution in [0.4, 0.5) is 0 Å². The Bertz CT molecular complexity index is 570. The molecular formula is C21H30O3. The highest BCUT2D eigenvalue weighted by Gasteiger charge is 2.06. The topological polar surface area (TPSA) is 35.5 Å². The van der Waals surface area contributed by atoms with Crippen LogP contribution in [0, 0.1) is 13.8 Å². The van der Waals surface area contributed by atoms with Crippen molar-refractivity contribution in [1.29, 1.82) is 0 Å². The molecule has 0 heterocycles. The van der Waals surface area contributed by atoms with Gasteiger partial charge in [-0.05, 0) is 56.9 Å². The molecule has 0 saturated heterocycles. The normalized spacial score (nSPS) is 11.8. The number of aryl methyl sites for hydroxylation is 1. The molecule has 1 rings (SSSR count). The van der Waals surface area contributed by atoms with E-state index < -0.39 is 0 Å². The molecule has 1 aromatic carbocycles. The van der Waals surface area contributed by atoms with Crippen molar-refractivity contribution in [2.75, 3.05) is 13.2 Å². The summed E-state index contributed by atoms with van der Waals surface area (Å²) in [5, 5.41) is 0. The summed E-state index contributed by atoms with van der Waals surface area (Å²) in [5.41, 5.74) is 3.30. The van der Waals surface area contributed by atoms with E-state index >= 15 is 0 Å². The lowest BCUT2D eigenvalue weighted by molar-refractivity contribution is -0.144. The molecule has 0 unspecified atom stereocenters. The van der Waals surface area contributed by atoms with Crippen LogP contribution in [0.25, 0.3) is 0 Å². The summed E-state index contributed by atoms with van der Waals surface area (Å²) in [4.78, 5) is 11.7. The first kappa shape index (κ1) is 20.0. The zero-order valence-electron chi connectivity index (χ0n) is 15.4. The van der Waals surface area contributed by atoms with E-state index in [0.717, 1.165) is 28.9 Å². The van der Waals surface area contributed by atoms with Crippen molar-refractivity contribution in [2.45, 2.75) is 53.4 Å². The fourth-order valence-electron chi connectivity index (χ4n) is 2.17. The van der Waals surface area contributed by atoms with Crippen LogP contribution in [0.15, 0.2) is 42.0 Å². The molecule has 0 fully saturated rings. The molecule has 1 aromatic rings. The van der Waals surface area contributed by atoms with Crippen molar-refractivity contribution in [2.24, 2.45) is 0 Å². The highest BCUT2D eigenvalue weighted by molar-refractivity contribution is 5.71. The lowest BCUT2D eigenvalue weighted by atomic mass is 10.1. The van der Waals surface area contributed by atoms with Gasteiger partial charge < -0.3 is 9.47 Å². The summed E-state index contributed by atoms with van der Waals surface area (Å²) >= 11 is 0. The number of allylic oxidation sites excluding steroid dienone is 3. The molecule has 3 nitrogen and oxygen atoms in total. The van der Waals surface area contributed by atoms with Gasteiger partial charge in [0.2, 0.25) is 0 Å². The van der Waals surface area contributed by atoms with E-state index in [9.17, 15) is 4.79 Å². The van der Waals surface area contributed by atoms with E-state index in [0.29, 0.717) is 0 Å². The van der Waals surface area contributed by atoms with E-state index in [2.05, 4.69) is 19.1 Å². The van der Waals surface area contributed by atoms with Crippen LogP contribution < -0.4 is 4.74 Å². The highest BCUT2D eigenvalue weighted by atomic mass is 16.6. The van der Waals surface area contributed by atoms with Gasteiger partial charge in [0.15, 0.2) is 6.61 Å². The second kappa shape index (κ2) is 11.5. The minimum Gasteiger partial charge on any atom is -0.482 e. The number of benzene rings is 1. The molecule has 24 heavy (non-hydrogen) atoms. The van der Waals surface area contributed by atoms with Gasteiger partial charge in [-0.15, -0.1) is 0 Å². The summed E-state index contributed by atoms with van der Waals surface area (Å²) in [6.45, 7) is 8.42. The van der Waals surface area contributed by atoms with Crippen LogP contribution in [0.5, 0.6) is 5.75 Å². The molecule has 132 valence electrons. The van der Waals surface area contributed by atoms with Crippen molar-refractivity contribution in [3.05, 3.63) is 53.1 Å². The maximum Gasteiger partial charge on any atom is 0.344 e. The van der Waals surface area contributed by atoms with Crippen molar-refractivity contribution in [3.8, 4) is 5.75 Å². The summed E-state index contributed by atoms with van der Waals surface area (Å²) in [7, 11) is 0. The predicted octanol–water partition coefficient (Wildman–Crippen LogP) is 5.31. The Labute approximate surface area is 146 Å². The molecular weight excluding hydrogens is 300 g/mol. The molecule has 0 N–H and O–H groups in total. The number of hydrogen-bond donors (Lipinski definition) is 0. The van der Waals surface area contributed by atoms with Gasteiger partial charge in [0.25, 0.3) is 0 Å². The second-order valence-electron chi connectivity index (χ2n) is 6.02. The molecule has 0 spiro atoms. The zero-order chi connectivity index (χ0) is 17.8. The fraction of sp³-hybridized carbons (Fsp3) is 0.476. The van der Waals surface area contributed by atoms with Gasteiger partial charge in [-0.3, -0.25) is 0 Å². The van der Waals surface area contributed by atoms with Crippen LogP contribution in [-0.2, 0) is 9.53 Å². The molecule has 0 radical (unpaired) electrons. The molecule has 0 aliphatic rings. The van der Waals surface area contributed by atoms with Gasteiger partial charge in [0.1, 0.15) is 12.4 Å². The van der Waals surface area contributed by atoms with Gasteiger partial charge in [0, 0.05) is 0 Å². The van der Waals surface area contributed by atoms with E-state index in [1.54, 1.807) is 0 Å². The number of ether oxygens (including phenoxy) is 2. The smallest absolute Gasteiger partial charge is 0.344 e. The second-order valence-corrected chi connectivity index (χ2v) is 6.02. The number of carbonyl (C=O) groups excluding carboxylic acids is 1. The Hall–Kier alpha value is -2.03. The summed E-state index contributed by atoms with van der Waals surface area (Å²) in [6, 6.07) is 5.80. The quantitative estimate of drug-likeness (QED) is 0.331. The molecule has 0 aromatic heterocycles. The molecule has 0 bridgehead atoms. The first-order valence-electron chi connectivity index (χ1n) is 8.72. The van der Waals surface area contributed by atoms with Crippen molar-refractivity contribution in [3.63, 3.8) is 0 Å². The maximum absolute atomic E-state index is 11.7. The standard InChI is InChI=1S/C21H30O3/c1-5-6-7-8-9-11-17(2)14-15-23-21(22)16-24-20-13-10-12-18(3)19(20)4/h9-14H,5-8,15-16H2,1-4H3/b11-9+,17-14+. The average molecular weight is 330 g/mol. The minimum absolute atomic E-state index is 0.0654. The van der Waals surface area contributed by atoms with Crippen LogP contribution in [0.2, 0.25) is 0 Å². The largest absolute Gasteiger partial charge is 0.482 e. The highest BCUT2D eigenvalue weighted by Crippen LogP contribution is 2.20. The van der Waals surface area contributed by atoms with Gasteiger partial charge in [0.05, 0.1) is 0 Å². The average Bonchev–Trinajstić information content (AvgIpc) is 2.56. The summed E-state index contributed by atoms with van der Waals surface area (Å²) < 4.78 is 10.7. The van der Waals surface area contributed by atoms with Crippen LogP contribution >= 0.6 is 0 Å². The summed E-state index contributed by atoms with van der Waals surface area (Å²) in [5.74, 6) is 0.376. The first-order chi connectivity index (χ1) is 11.5. The van der Waals surface area contributed by atoms with Gasteiger partial charge in [-0.1, -0.05) is 49.6 Å². The Morgan fingerprint density at radius 1 is 1.21 bits per heavy atom. The Balaban J connectivity index is 2.28. The number of carbonyl (C=O) groups is 1. The molecule has 0 amide bonds. The van der Waals surface area contributed by atoms with Crippen molar-refractivity contribution >= 4 is 5.97 Å². The van der Waals surface area contributed by atoms with Gasteiger partial charge >= 0.3 is 5.97 Å². The van der Waals surface area contributed by atoms with Crippen LogP contribution in [-0.4, -0.2) is 19.2 Å².